The molecule has 1 heterocycles. The summed E-state index contributed by atoms with van der Waals surface area (Å²) in [6.07, 6.45) is 1.13. The van der Waals surface area contributed by atoms with Gasteiger partial charge in [0.2, 0.25) is 0 Å². The van der Waals surface area contributed by atoms with Crippen molar-refractivity contribution < 1.29 is 0 Å². The zero-order chi connectivity index (χ0) is 14.5. The maximum absolute atomic E-state index is 4.75. The number of fused-ring (bicyclic) bond motifs is 1. The molecule has 0 aliphatic rings. The van der Waals surface area contributed by atoms with Crippen molar-refractivity contribution in [3.8, 4) is 0 Å². The van der Waals surface area contributed by atoms with Crippen LogP contribution in [0.2, 0.25) is 0 Å². The lowest BCUT2D eigenvalue weighted by Gasteiger charge is -2.27. The number of nitrogens with zero attached hydrogens (tertiary/aromatic N) is 2. The Kier molecular flexibility index (Phi) is 4.96. The van der Waals surface area contributed by atoms with Gasteiger partial charge in [-0.25, -0.2) is 0 Å². The minimum atomic E-state index is 0.521. The van der Waals surface area contributed by atoms with Gasteiger partial charge in [0.15, 0.2) is 0 Å². The van der Waals surface area contributed by atoms with E-state index < -0.39 is 0 Å². The molecule has 0 aliphatic carbocycles. The summed E-state index contributed by atoms with van der Waals surface area (Å²) in [6, 6.07) is 11.1. The smallest absolute Gasteiger partial charge is 0.0726 e. The van der Waals surface area contributed by atoms with Gasteiger partial charge in [0.05, 0.1) is 11.2 Å². The number of para-hydroxylation sites is 1. The molecule has 108 valence electrons. The van der Waals surface area contributed by atoms with Crippen molar-refractivity contribution in [2.24, 2.45) is 0 Å². The van der Waals surface area contributed by atoms with Gasteiger partial charge in [0.1, 0.15) is 0 Å². The van der Waals surface area contributed by atoms with Crippen LogP contribution >= 0.6 is 0 Å². The molecular formula is C17H25N3. The molecule has 0 fully saturated rings. The Balaban J connectivity index is 2.48. The molecule has 0 saturated heterocycles. The quantitative estimate of drug-likeness (QED) is 0.870. The minimum Gasteiger partial charge on any atom is -0.371 e. The third-order valence-electron chi connectivity index (χ3n) is 3.94. The van der Waals surface area contributed by atoms with E-state index in [4.69, 9.17) is 4.98 Å². The van der Waals surface area contributed by atoms with E-state index in [0.717, 1.165) is 30.7 Å². The second kappa shape index (κ2) is 6.71. The number of pyridine rings is 1. The van der Waals surface area contributed by atoms with Crippen LogP contribution in [0.5, 0.6) is 0 Å². The summed E-state index contributed by atoms with van der Waals surface area (Å²) in [5, 5.41) is 4.59. The summed E-state index contributed by atoms with van der Waals surface area (Å²) >= 11 is 0. The predicted molar refractivity (Wildman–Crippen MR) is 87.3 cm³/mol. The van der Waals surface area contributed by atoms with Crippen LogP contribution in [0.3, 0.4) is 0 Å². The highest BCUT2D eigenvalue weighted by Crippen LogP contribution is 2.27. The first-order valence-electron chi connectivity index (χ1n) is 7.49. The minimum absolute atomic E-state index is 0.521. The van der Waals surface area contributed by atoms with Gasteiger partial charge in [-0.2, -0.15) is 0 Å². The molecule has 1 aromatic carbocycles. The lowest BCUT2D eigenvalue weighted by Crippen LogP contribution is -2.28. The summed E-state index contributed by atoms with van der Waals surface area (Å²) in [4.78, 5) is 7.11. The highest BCUT2D eigenvalue weighted by atomic mass is 15.1. The molecule has 0 bridgehead atoms. The number of hydrogen-bond acceptors (Lipinski definition) is 3. The third-order valence-corrected chi connectivity index (χ3v) is 3.94. The van der Waals surface area contributed by atoms with Gasteiger partial charge >= 0.3 is 0 Å². The summed E-state index contributed by atoms with van der Waals surface area (Å²) in [5.74, 6) is 0. The number of rotatable bonds is 6. The molecule has 3 nitrogen and oxygen atoms in total. The summed E-state index contributed by atoms with van der Waals surface area (Å²) in [7, 11) is 2.17. The third kappa shape index (κ3) is 3.10. The molecular weight excluding hydrogens is 246 g/mol. The Bertz CT molecular complexity index is 565. The van der Waals surface area contributed by atoms with E-state index in [1.54, 1.807) is 0 Å². The number of benzene rings is 1. The van der Waals surface area contributed by atoms with E-state index in [9.17, 15) is 0 Å². The molecule has 1 N–H and O–H groups in total. The van der Waals surface area contributed by atoms with Gasteiger partial charge < -0.3 is 10.2 Å². The molecule has 0 saturated carbocycles. The average molecular weight is 271 g/mol. The van der Waals surface area contributed by atoms with Crippen molar-refractivity contribution in [3.63, 3.8) is 0 Å². The van der Waals surface area contributed by atoms with Gasteiger partial charge in [-0.3, -0.25) is 4.98 Å². The predicted octanol–water partition coefficient (Wildman–Crippen LogP) is 3.58. The highest BCUT2D eigenvalue weighted by molar-refractivity contribution is 5.92. The standard InChI is InChI=1S/C17H25N3/c1-5-13(3)20(4)17-11-14(12-18-6-2)19-16-10-8-7-9-15(16)17/h7-11,13,18H,5-6,12H2,1-4H3. The van der Waals surface area contributed by atoms with E-state index >= 15 is 0 Å². The monoisotopic (exact) mass is 271 g/mol. The summed E-state index contributed by atoms with van der Waals surface area (Å²) < 4.78 is 0. The normalized spacial score (nSPS) is 12.6. The number of nitrogens with one attached hydrogen (secondary N) is 1. The van der Waals surface area contributed by atoms with Crippen molar-refractivity contribution in [1.82, 2.24) is 10.3 Å². The Labute approximate surface area is 122 Å². The lowest BCUT2D eigenvalue weighted by molar-refractivity contribution is 0.663. The van der Waals surface area contributed by atoms with Crippen molar-refractivity contribution in [2.75, 3.05) is 18.5 Å². The average Bonchev–Trinajstić information content (AvgIpc) is 2.50. The van der Waals surface area contributed by atoms with Crippen LogP contribution in [0, 0.1) is 0 Å². The topological polar surface area (TPSA) is 28.2 Å². The maximum atomic E-state index is 4.75. The summed E-state index contributed by atoms with van der Waals surface area (Å²) in [6.45, 7) is 8.39. The molecule has 0 amide bonds. The zero-order valence-corrected chi connectivity index (χ0v) is 13.0. The second-order valence-electron chi connectivity index (χ2n) is 5.30. The van der Waals surface area contributed by atoms with Crippen molar-refractivity contribution in [2.45, 2.75) is 39.8 Å². The molecule has 0 radical (unpaired) electrons. The first kappa shape index (κ1) is 14.8. The van der Waals surface area contributed by atoms with E-state index in [2.05, 4.69) is 68.4 Å². The molecule has 2 aromatic rings. The zero-order valence-electron chi connectivity index (χ0n) is 13.0. The number of anilines is 1. The van der Waals surface area contributed by atoms with Gasteiger partial charge in [-0.05, 0) is 32.0 Å². The molecule has 1 aromatic heterocycles. The van der Waals surface area contributed by atoms with Crippen LogP contribution in [0.15, 0.2) is 30.3 Å². The van der Waals surface area contributed by atoms with Crippen LogP contribution in [0.4, 0.5) is 5.69 Å². The van der Waals surface area contributed by atoms with Gasteiger partial charge in [-0.15, -0.1) is 0 Å². The van der Waals surface area contributed by atoms with Gasteiger partial charge in [-0.1, -0.05) is 32.0 Å². The molecule has 20 heavy (non-hydrogen) atoms. The first-order chi connectivity index (χ1) is 9.67. The van der Waals surface area contributed by atoms with Gasteiger partial charge in [0, 0.05) is 30.7 Å². The Morgan fingerprint density at radius 1 is 1.25 bits per heavy atom. The fraction of sp³-hybridized carbons (Fsp3) is 0.471. The molecule has 0 aliphatic heterocycles. The van der Waals surface area contributed by atoms with Gasteiger partial charge in [0.25, 0.3) is 0 Å². The van der Waals surface area contributed by atoms with Crippen LogP contribution in [-0.4, -0.2) is 24.6 Å². The fourth-order valence-corrected chi connectivity index (χ4v) is 2.36. The van der Waals surface area contributed by atoms with E-state index in [0.29, 0.717) is 6.04 Å². The maximum Gasteiger partial charge on any atom is 0.0726 e. The lowest BCUT2D eigenvalue weighted by atomic mass is 10.1. The number of aromatic nitrogens is 1. The van der Waals surface area contributed by atoms with Crippen LogP contribution < -0.4 is 10.2 Å². The van der Waals surface area contributed by atoms with Crippen molar-refractivity contribution in [1.29, 1.82) is 0 Å². The van der Waals surface area contributed by atoms with Crippen LogP contribution in [0.25, 0.3) is 10.9 Å². The fourth-order valence-electron chi connectivity index (χ4n) is 2.36. The van der Waals surface area contributed by atoms with E-state index in [1.807, 2.05) is 0 Å². The largest absolute Gasteiger partial charge is 0.371 e. The van der Waals surface area contributed by atoms with E-state index in [1.165, 1.54) is 11.1 Å². The Morgan fingerprint density at radius 3 is 2.70 bits per heavy atom. The van der Waals surface area contributed by atoms with Crippen LogP contribution in [-0.2, 0) is 6.54 Å². The molecule has 3 heteroatoms. The summed E-state index contributed by atoms with van der Waals surface area (Å²) in [5.41, 5.74) is 3.46. The Hall–Kier alpha value is -1.61. The molecule has 0 spiro atoms. The van der Waals surface area contributed by atoms with Crippen LogP contribution in [0.1, 0.15) is 32.9 Å². The van der Waals surface area contributed by atoms with E-state index in [-0.39, 0.29) is 0 Å². The number of hydrogen-bond donors (Lipinski definition) is 1. The molecule has 1 atom stereocenters. The van der Waals surface area contributed by atoms with Crippen molar-refractivity contribution >= 4 is 16.6 Å². The van der Waals surface area contributed by atoms with Crippen molar-refractivity contribution in [3.05, 3.63) is 36.0 Å². The second-order valence-corrected chi connectivity index (χ2v) is 5.30. The highest BCUT2D eigenvalue weighted by Gasteiger charge is 2.13. The SMILES string of the molecule is CCNCc1cc(N(C)C(C)CC)c2ccccc2n1. The molecule has 1 unspecified atom stereocenters. The first-order valence-corrected chi connectivity index (χ1v) is 7.49. The molecule has 2 rings (SSSR count). The Morgan fingerprint density at radius 2 is 2.00 bits per heavy atom.